The van der Waals surface area contributed by atoms with Gasteiger partial charge in [0.15, 0.2) is 0 Å². The van der Waals surface area contributed by atoms with Crippen LogP contribution in [0, 0.1) is 0 Å². The van der Waals surface area contributed by atoms with E-state index in [0.717, 1.165) is 4.90 Å². The van der Waals surface area contributed by atoms with Crippen molar-refractivity contribution in [3.63, 3.8) is 0 Å². The van der Waals surface area contributed by atoms with E-state index in [1.54, 1.807) is 49.4 Å². The molecule has 0 spiro atoms. The summed E-state index contributed by atoms with van der Waals surface area (Å²) in [6, 6.07) is 14.0. The minimum atomic E-state index is -1.20. The minimum Gasteiger partial charge on any atom is -0.481 e. The number of benzene rings is 2. The lowest BCUT2D eigenvalue weighted by atomic mass is 9.78. The van der Waals surface area contributed by atoms with Gasteiger partial charge in [-0.3, -0.25) is 14.4 Å². The maximum atomic E-state index is 12.6. The Kier molecular flexibility index (Phi) is 5.51. The Morgan fingerprint density at radius 2 is 1.96 bits per heavy atom. The number of aliphatic carboxylic acids is 1. The Bertz CT molecular complexity index is 885. The van der Waals surface area contributed by atoms with E-state index in [0.29, 0.717) is 29.0 Å². The number of rotatable bonds is 6. The molecule has 1 aliphatic rings. The number of anilines is 1. The third kappa shape index (κ3) is 3.83. The molecule has 2 amide bonds. The Balaban J connectivity index is 1.80. The largest absolute Gasteiger partial charge is 0.481 e. The zero-order valence-corrected chi connectivity index (χ0v) is 15.6. The van der Waals surface area contributed by atoms with Crippen molar-refractivity contribution >= 4 is 35.2 Å². The highest BCUT2D eigenvalue weighted by Crippen LogP contribution is 2.32. The summed E-state index contributed by atoms with van der Waals surface area (Å²) in [7, 11) is 0. The molecule has 1 atom stereocenters. The predicted octanol–water partition coefficient (Wildman–Crippen LogP) is 2.89. The Morgan fingerprint density at radius 1 is 1.22 bits per heavy atom. The minimum absolute atomic E-state index is 0.0279. The van der Waals surface area contributed by atoms with Gasteiger partial charge in [0, 0.05) is 17.0 Å². The summed E-state index contributed by atoms with van der Waals surface area (Å²) in [5, 5.41) is 15.3. The van der Waals surface area contributed by atoms with Crippen molar-refractivity contribution in [2.24, 2.45) is 0 Å². The van der Waals surface area contributed by atoms with Gasteiger partial charge in [-0.1, -0.05) is 37.3 Å². The SMILES string of the molecule is CCC(CNC(=O)c1ccc2c(c1)NC(=O)CS2)(C(=O)O)c1ccccc1. The van der Waals surface area contributed by atoms with Crippen LogP contribution >= 0.6 is 11.8 Å². The van der Waals surface area contributed by atoms with E-state index >= 15 is 0 Å². The van der Waals surface area contributed by atoms with Crippen LogP contribution < -0.4 is 10.6 Å². The van der Waals surface area contributed by atoms with E-state index in [-0.39, 0.29) is 18.4 Å². The Hall–Kier alpha value is -2.80. The molecule has 3 N–H and O–H groups in total. The fourth-order valence-corrected chi connectivity index (χ4v) is 3.88. The van der Waals surface area contributed by atoms with Crippen molar-refractivity contribution in [2.45, 2.75) is 23.7 Å². The third-order valence-corrected chi connectivity index (χ3v) is 5.84. The summed E-state index contributed by atoms with van der Waals surface area (Å²) in [6.45, 7) is 1.76. The zero-order valence-electron chi connectivity index (χ0n) is 14.8. The molecule has 6 nitrogen and oxygen atoms in total. The predicted molar refractivity (Wildman–Crippen MR) is 104 cm³/mol. The number of fused-ring (bicyclic) bond motifs is 1. The molecule has 0 bridgehead atoms. The monoisotopic (exact) mass is 384 g/mol. The van der Waals surface area contributed by atoms with Gasteiger partial charge in [0.1, 0.15) is 5.41 Å². The molecule has 140 valence electrons. The summed E-state index contributed by atoms with van der Waals surface area (Å²) >= 11 is 1.42. The van der Waals surface area contributed by atoms with E-state index in [4.69, 9.17) is 0 Å². The van der Waals surface area contributed by atoms with Crippen LogP contribution in [0.5, 0.6) is 0 Å². The van der Waals surface area contributed by atoms with Gasteiger partial charge in [-0.25, -0.2) is 0 Å². The number of carboxylic acid groups (broad SMARTS) is 1. The molecule has 1 unspecified atom stereocenters. The molecule has 1 aliphatic heterocycles. The molecule has 1 heterocycles. The molecule has 0 aliphatic carbocycles. The van der Waals surface area contributed by atoms with Gasteiger partial charge in [0.2, 0.25) is 5.91 Å². The number of carboxylic acids is 1. The topological polar surface area (TPSA) is 95.5 Å². The molecule has 2 aromatic carbocycles. The fourth-order valence-electron chi connectivity index (χ4n) is 3.10. The van der Waals surface area contributed by atoms with Crippen LogP contribution in [0.4, 0.5) is 5.69 Å². The number of hydrogen-bond acceptors (Lipinski definition) is 4. The highest BCUT2D eigenvalue weighted by molar-refractivity contribution is 8.00. The number of carbonyl (C=O) groups excluding carboxylic acids is 2. The number of amides is 2. The van der Waals surface area contributed by atoms with Gasteiger partial charge in [0.25, 0.3) is 5.91 Å². The molecule has 0 saturated carbocycles. The lowest BCUT2D eigenvalue weighted by Crippen LogP contribution is -2.46. The molecule has 2 aromatic rings. The maximum absolute atomic E-state index is 12.6. The van der Waals surface area contributed by atoms with E-state index in [2.05, 4.69) is 10.6 Å². The highest BCUT2D eigenvalue weighted by atomic mass is 32.2. The average molecular weight is 384 g/mol. The standard InChI is InChI=1S/C20H20N2O4S/c1-2-20(19(25)26,14-6-4-3-5-7-14)12-21-18(24)13-8-9-16-15(10-13)22-17(23)11-27-16/h3-10H,2,11-12H2,1H3,(H,21,24)(H,22,23)(H,25,26). The molecule has 0 radical (unpaired) electrons. The highest BCUT2D eigenvalue weighted by Gasteiger charge is 2.39. The van der Waals surface area contributed by atoms with Crippen LogP contribution in [-0.4, -0.2) is 35.2 Å². The summed E-state index contributed by atoms with van der Waals surface area (Å²) in [5.41, 5.74) is 0.427. The van der Waals surface area contributed by atoms with Gasteiger partial charge in [-0.05, 0) is 30.2 Å². The summed E-state index contributed by atoms with van der Waals surface area (Å²) in [5.74, 6) is -1.11. The summed E-state index contributed by atoms with van der Waals surface area (Å²) in [4.78, 5) is 37.1. The van der Waals surface area contributed by atoms with E-state index in [1.807, 2.05) is 6.07 Å². The normalized spacial score (nSPS) is 15.2. The molecule has 3 rings (SSSR count). The maximum Gasteiger partial charge on any atom is 0.315 e. The van der Waals surface area contributed by atoms with Crippen LogP contribution in [0.15, 0.2) is 53.4 Å². The van der Waals surface area contributed by atoms with Crippen molar-refractivity contribution < 1.29 is 19.5 Å². The van der Waals surface area contributed by atoms with Crippen molar-refractivity contribution in [3.05, 3.63) is 59.7 Å². The second kappa shape index (κ2) is 7.84. The molecule has 0 saturated heterocycles. The van der Waals surface area contributed by atoms with Crippen molar-refractivity contribution in [1.29, 1.82) is 0 Å². The van der Waals surface area contributed by atoms with Gasteiger partial charge in [0.05, 0.1) is 11.4 Å². The first-order valence-corrected chi connectivity index (χ1v) is 9.58. The molecule has 7 heteroatoms. The molecule has 0 aromatic heterocycles. The molecule has 27 heavy (non-hydrogen) atoms. The van der Waals surface area contributed by atoms with E-state index in [9.17, 15) is 19.5 Å². The molecular formula is C20H20N2O4S. The van der Waals surface area contributed by atoms with Crippen molar-refractivity contribution in [3.8, 4) is 0 Å². The van der Waals surface area contributed by atoms with E-state index < -0.39 is 11.4 Å². The molecule has 0 fully saturated rings. The second-order valence-electron chi connectivity index (χ2n) is 6.34. The smallest absolute Gasteiger partial charge is 0.315 e. The van der Waals surface area contributed by atoms with Crippen LogP contribution in [0.3, 0.4) is 0 Å². The van der Waals surface area contributed by atoms with Gasteiger partial charge >= 0.3 is 5.97 Å². The van der Waals surface area contributed by atoms with Gasteiger partial charge < -0.3 is 15.7 Å². The van der Waals surface area contributed by atoms with Gasteiger partial charge in [-0.15, -0.1) is 11.8 Å². The zero-order chi connectivity index (χ0) is 19.4. The van der Waals surface area contributed by atoms with Crippen LogP contribution in [0.2, 0.25) is 0 Å². The first-order valence-electron chi connectivity index (χ1n) is 8.60. The average Bonchev–Trinajstić information content (AvgIpc) is 2.68. The second-order valence-corrected chi connectivity index (χ2v) is 7.35. The molecular weight excluding hydrogens is 364 g/mol. The van der Waals surface area contributed by atoms with Crippen molar-refractivity contribution in [2.75, 3.05) is 17.6 Å². The van der Waals surface area contributed by atoms with Gasteiger partial charge in [-0.2, -0.15) is 0 Å². The third-order valence-electron chi connectivity index (χ3n) is 4.76. The van der Waals surface area contributed by atoms with Crippen LogP contribution in [0.1, 0.15) is 29.3 Å². The number of nitrogens with one attached hydrogen (secondary N) is 2. The Morgan fingerprint density at radius 3 is 2.63 bits per heavy atom. The summed E-state index contributed by atoms with van der Waals surface area (Å²) < 4.78 is 0. The van der Waals surface area contributed by atoms with E-state index in [1.165, 1.54) is 11.8 Å². The van der Waals surface area contributed by atoms with Crippen LogP contribution in [-0.2, 0) is 15.0 Å². The first kappa shape index (κ1) is 19.0. The van der Waals surface area contributed by atoms with Crippen molar-refractivity contribution in [1.82, 2.24) is 5.32 Å². The number of hydrogen-bond donors (Lipinski definition) is 3. The number of thioether (sulfide) groups is 1. The Labute approximate surface area is 161 Å². The van der Waals surface area contributed by atoms with Crippen LogP contribution in [0.25, 0.3) is 0 Å². The fraction of sp³-hybridized carbons (Fsp3) is 0.250. The lowest BCUT2D eigenvalue weighted by Gasteiger charge is -2.29. The lowest BCUT2D eigenvalue weighted by molar-refractivity contribution is -0.143. The quantitative estimate of drug-likeness (QED) is 0.712. The summed E-state index contributed by atoms with van der Waals surface area (Å²) in [6.07, 6.45) is 0.337. The number of carbonyl (C=O) groups is 3. The first-order chi connectivity index (χ1) is 13.0.